The zero-order valence-corrected chi connectivity index (χ0v) is 21.0. The molecule has 0 unspecified atom stereocenters. The number of carbonyl (C=O) groups is 3. The average molecular weight is 527 g/mol. The minimum atomic E-state index is -0.942. The Labute approximate surface area is 221 Å². The average Bonchev–Trinajstić information content (AvgIpc) is 3.34. The van der Waals surface area contributed by atoms with Gasteiger partial charge in [-0.05, 0) is 79.6 Å². The number of aliphatic carboxylic acids is 1. The lowest BCUT2D eigenvalue weighted by Gasteiger charge is -2.10. The van der Waals surface area contributed by atoms with Gasteiger partial charge in [0, 0.05) is 34.5 Å². The number of hydrogen-bond acceptors (Lipinski definition) is 4. The van der Waals surface area contributed by atoms with Gasteiger partial charge >= 0.3 is 5.97 Å². The summed E-state index contributed by atoms with van der Waals surface area (Å²) < 4.78 is 14.5. The first-order chi connectivity index (χ1) is 18.6. The molecule has 0 atom stereocenters. The Morgan fingerprint density at radius 1 is 1.08 bits per heavy atom. The molecule has 2 amide bonds. The Kier molecular flexibility index (Phi) is 6.45. The number of aryl methyl sites for hydroxylation is 1. The van der Waals surface area contributed by atoms with Gasteiger partial charge in [0.2, 0.25) is 0 Å². The highest BCUT2D eigenvalue weighted by molar-refractivity contribution is 6.35. The second-order valence-electron chi connectivity index (χ2n) is 9.14. The molecule has 1 aliphatic heterocycles. The normalized spacial score (nSPS) is 13.3. The van der Waals surface area contributed by atoms with Crippen LogP contribution >= 0.6 is 0 Å². The minimum Gasteiger partial charge on any atom is -0.481 e. The highest BCUT2D eigenvalue weighted by Crippen LogP contribution is 2.36. The van der Waals surface area contributed by atoms with Gasteiger partial charge in [0.15, 0.2) is 0 Å². The maximum Gasteiger partial charge on any atom is 0.307 e. The first kappa shape index (κ1) is 25.4. The maximum atomic E-state index is 13.3. The van der Waals surface area contributed by atoms with E-state index < -0.39 is 23.3 Å². The Morgan fingerprint density at radius 2 is 1.82 bits per heavy atom. The van der Waals surface area contributed by atoms with Gasteiger partial charge in [-0.2, -0.15) is 0 Å². The standard InChI is InChI=1S/C29H23FN4O5/c1-15-22(14-26(35)36)16(2)31-24(15)13-23-20-10-7-18(12-25(20)33-28(23)38)32-27(37)21-4-3-11-34(29(21)39)19-8-5-17(30)6-9-19/h3-13,31H,14H2,1-2H3,(H,32,37)(H,33,38)(H,35,36). The van der Waals surface area contributed by atoms with Crippen LogP contribution in [-0.4, -0.2) is 32.4 Å². The number of carboxylic acids is 1. The molecule has 0 radical (unpaired) electrons. The number of aromatic amines is 1. The molecule has 0 bridgehead atoms. The highest BCUT2D eigenvalue weighted by atomic mass is 19.1. The lowest BCUT2D eigenvalue weighted by Crippen LogP contribution is -2.27. The molecule has 9 nitrogen and oxygen atoms in total. The number of nitrogens with one attached hydrogen (secondary N) is 3. The van der Waals surface area contributed by atoms with Crippen molar-refractivity contribution in [1.29, 1.82) is 0 Å². The van der Waals surface area contributed by atoms with E-state index in [4.69, 9.17) is 0 Å². The van der Waals surface area contributed by atoms with Gasteiger partial charge in [0.25, 0.3) is 17.4 Å². The second kappa shape index (κ2) is 9.90. The lowest BCUT2D eigenvalue weighted by atomic mass is 10.0. The van der Waals surface area contributed by atoms with E-state index in [-0.39, 0.29) is 17.9 Å². The van der Waals surface area contributed by atoms with Crippen molar-refractivity contribution in [1.82, 2.24) is 9.55 Å². The Morgan fingerprint density at radius 3 is 2.54 bits per heavy atom. The molecule has 2 aromatic carbocycles. The van der Waals surface area contributed by atoms with Crippen LogP contribution in [0.25, 0.3) is 17.3 Å². The van der Waals surface area contributed by atoms with Crippen LogP contribution in [0.2, 0.25) is 0 Å². The number of carboxylic acid groups (broad SMARTS) is 1. The first-order valence-corrected chi connectivity index (χ1v) is 12.0. The Hall–Kier alpha value is -5.25. The van der Waals surface area contributed by atoms with E-state index in [9.17, 15) is 28.7 Å². The van der Waals surface area contributed by atoms with Crippen molar-refractivity contribution in [2.75, 3.05) is 10.6 Å². The van der Waals surface area contributed by atoms with E-state index in [0.29, 0.717) is 39.5 Å². The summed E-state index contributed by atoms with van der Waals surface area (Å²) in [4.78, 5) is 53.0. The van der Waals surface area contributed by atoms with Crippen LogP contribution in [0.1, 0.15) is 38.4 Å². The molecule has 10 heteroatoms. The van der Waals surface area contributed by atoms with Gasteiger partial charge < -0.3 is 20.7 Å². The summed E-state index contributed by atoms with van der Waals surface area (Å²) in [6.45, 7) is 3.58. The topological polar surface area (TPSA) is 133 Å². The molecule has 0 aliphatic carbocycles. The summed E-state index contributed by atoms with van der Waals surface area (Å²) in [6, 6.07) is 13.2. The molecule has 4 aromatic rings. The van der Waals surface area contributed by atoms with Crippen LogP contribution in [0.5, 0.6) is 0 Å². The summed E-state index contributed by atoms with van der Waals surface area (Å²) in [5.74, 6) is -2.36. The van der Waals surface area contributed by atoms with Gasteiger partial charge in [-0.15, -0.1) is 0 Å². The molecule has 0 saturated heterocycles. The van der Waals surface area contributed by atoms with Crippen LogP contribution in [0.4, 0.5) is 15.8 Å². The van der Waals surface area contributed by atoms with Crippen molar-refractivity contribution in [3.8, 4) is 5.69 Å². The van der Waals surface area contributed by atoms with E-state index in [1.165, 1.54) is 41.1 Å². The van der Waals surface area contributed by atoms with Crippen LogP contribution < -0.4 is 16.2 Å². The van der Waals surface area contributed by atoms with E-state index in [1.54, 1.807) is 44.2 Å². The first-order valence-electron chi connectivity index (χ1n) is 12.0. The van der Waals surface area contributed by atoms with Gasteiger partial charge in [-0.25, -0.2) is 4.39 Å². The van der Waals surface area contributed by atoms with Gasteiger partial charge in [0.1, 0.15) is 11.4 Å². The molecule has 2 aromatic heterocycles. The highest BCUT2D eigenvalue weighted by Gasteiger charge is 2.26. The Balaban J connectivity index is 1.40. The largest absolute Gasteiger partial charge is 0.481 e. The Bertz CT molecular complexity index is 1750. The number of benzene rings is 2. The van der Waals surface area contributed by atoms with E-state index in [0.717, 1.165) is 11.3 Å². The van der Waals surface area contributed by atoms with Crippen molar-refractivity contribution in [2.45, 2.75) is 20.3 Å². The number of halogens is 1. The number of H-pyrrole nitrogens is 1. The zero-order valence-electron chi connectivity index (χ0n) is 21.0. The van der Waals surface area contributed by atoms with Crippen molar-refractivity contribution in [3.05, 3.63) is 111 Å². The predicted octanol–water partition coefficient (Wildman–Crippen LogP) is 4.29. The molecule has 0 fully saturated rings. The fraction of sp³-hybridized carbons (Fsp3) is 0.103. The van der Waals surface area contributed by atoms with Gasteiger partial charge in [-0.1, -0.05) is 6.07 Å². The molecule has 0 saturated carbocycles. The van der Waals surface area contributed by atoms with E-state index in [1.807, 2.05) is 0 Å². The van der Waals surface area contributed by atoms with Crippen LogP contribution in [0, 0.1) is 19.7 Å². The molecule has 196 valence electrons. The molecule has 4 N–H and O–H groups in total. The van der Waals surface area contributed by atoms with Crippen molar-refractivity contribution < 1.29 is 23.9 Å². The minimum absolute atomic E-state index is 0.110. The van der Waals surface area contributed by atoms with Crippen molar-refractivity contribution in [2.24, 2.45) is 0 Å². The number of hydrogen-bond donors (Lipinski definition) is 4. The van der Waals surface area contributed by atoms with E-state index >= 15 is 0 Å². The summed E-state index contributed by atoms with van der Waals surface area (Å²) in [7, 11) is 0. The number of amides is 2. The molecule has 0 spiro atoms. The number of carbonyl (C=O) groups excluding carboxylic acids is 2. The van der Waals surface area contributed by atoms with Gasteiger partial charge in [0.05, 0.1) is 17.7 Å². The summed E-state index contributed by atoms with van der Waals surface area (Å²) in [6.07, 6.45) is 3.04. The molecule has 5 rings (SSSR count). The molecular formula is C29H23FN4O5. The quantitative estimate of drug-likeness (QED) is 0.278. The third-order valence-electron chi connectivity index (χ3n) is 6.61. The summed E-state index contributed by atoms with van der Waals surface area (Å²) in [5, 5.41) is 14.6. The third kappa shape index (κ3) is 4.87. The number of pyridine rings is 1. The molecule has 3 heterocycles. The van der Waals surface area contributed by atoms with Crippen LogP contribution in [0.3, 0.4) is 0 Å². The SMILES string of the molecule is Cc1[nH]c(C=C2C(=O)Nc3cc(NC(=O)c4cccn(-c5ccc(F)cc5)c4=O)ccc32)c(C)c1CC(=O)O. The summed E-state index contributed by atoms with van der Waals surface area (Å²) >= 11 is 0. The monoisotopic (exact) mass is 526 g/mol. The van der Waals surface area contributed by atoms with Crippen molar-refractivity contribution >= 4 is 40.8 Å². The number of nitrogens with zero attached hydrogens (tertiary/aromatic N) is 1. The number of rotatable bonds is 6. The lowest BCUT2D eigenvalue weighted by molar-refractivity contribution is -0.136. The smallest absolute Gasteiger partial charge is 0.307 e. The fourth-order valence-electron chi connectivity index (χ4n) is 4.61. The predicted molar refractivity (Wildman–Crippen MR) is 144 cm³/mol. The number of aromatic nitrogens is 2. The second-order valence-corrected chi connectivity index (χ2v) is 9.14. The van der Waals surface area contributed by atoms with Crippen LogP contribution in [0.15, 0.2) is 65.6 Å². The van der Waals surface area contributed by atoms with Crippen molar-refractivity contribution in [3.63, 3.8) is 0 Å². The number of fused-ring (bicyclic) bond motifs is 1. The third-order valence-corrected chi connectivity index (χ3v) is 6.61. The number of anilines is 2. The maximum absolute atomic E-state index is 13.3. The molecule has 1 aliphatic rings. The summed E-state index contributed by atoms with van der Waals surface area (Å²) in [5.41, 5.74) is 4.37. The van der Waals surface area contributed by atoms with Crippen LogP contribution in [-0.2, 0) is 16.0 Å². The zero-order chi connectivity index (χ0) is 27.8. The molecule has 39 heavy (non-hydrogen) atoms. The molecular weight excluding hydrogens is 503 g/mol. The fourth-order valence-corrected chi connectivity index (χ4v) is 4.61. The van der Waals surface area contributed by atoms with E-state index in [2.05, 4.69) is 15.6 Å². The van der Waals surface area contributed by atoms with Gasteiger partial charge in [-0.3, -0.25) is 23.7 Å².